The average Bonchev–Trinajstić information content (AvgIpc) is 2.32. The molecule has 2 heterocycles. The van der Waals surface area contributed by atoms with E-state index in [1.54, 1.807) is 6.20 Å². The lowest BCUT2D eigenvalue weighted by Gasteiger charge is -2.32. The van der Waals surface area contributed by atoms with Gasteiger partial charge in [-0.15, -0.1) is 0 Å². The largest absolute Gasteiger partial charge is 0.382 e. The number of pyridine rings is 1. The van der Waals surface area contributed by atoms with Gasteiger partial charge in [-0.3, -0.25) is 0 Å². The number of piperidine rings is 1. The minimum atomic E-state index is 0.500. The Bertz CT molecular complexity index is 340. The van der Waals surface area contributed by atoms with E-state index >= 15 is 0 Å². The maximum Gasteiger partial charge on any atom is 0.146 e. The van der Waals surface area contributed by atoms with Gasteiger partial charge in [0.05, 0.1) is 5.69 Å². The Morgan fingerprint density at radius 1 is 1.62 bits per heavy atom. The highest BCUT2D eigenvalue weighted by Crippen LogP contribution is 2.19. The summed E-state index contributed by atoms with van der Waals surface area (Å²) in [6.45, 7) is 5.66. The normalized spacial score (nSPS) is 21.9. The first-order valence-corrected chi connectivity index (χ1v) is 5.99. The summed E-state index contributed by atoms with van der Waals surface area (Å²) in [6.07, 6.45) is 4.19. The zero-order valence-corrected chi connectivity index (χ0v) is 9.82. The first-order chi connectivity index (χ1) is 7.79. The molecule has 0 bridgehead atoms. The number of nitrogens with two attached hydrogens (primary N) is 1. The second kappa shape index (κ2) is 5.16. The van der Waals surface area contributed by atoms with Crippen molar-refractivity contribution in [2.75, 3.05) is 30.7 Å². The van der Waals surface area contributed by atoms with Crippen molar-refractivity contribution in [3.63, 3.8) is 0 Å². The van der Waals surface area contributed by atoms with Gasteiger partial charge in [0.15, 0.2) is 0 Å². The first-order valence-electron chi connectivity index (χ1n) is 5.99. The molecule has 3 N–H and O–H groups in total. The Balaban J connectivity index is 1.97. The predicted octanol–water partition coefficient (Wildman–Crippen LogP) is 1.56. The maximum absolute atomic E-state index is 5.82. The van der Waals surface area contributed by atoms with Crippen LogP contribution >= 0.6 is 0 Å². The van der Waals surface area contributed by atoms with Crippen LogP contribution in [0.15, 0.2) is 18.3 Å². The van der Waals surface area contributed by atoms with Gasteiger partial charge in [0.1, 0.15) is 5.82 Å². The Labute approximate surface area is 96.8 Å². The van der Waals surface area contributed by atoms with E-state index < -0.39 is 0 Å². The molecule has 0 spiro atoms. The Morgan fingerprint density at radius 3 is 3.25 bits per heavy atom. The van der Waals surface area contributed by atoms with E-state index in [1.165, 1.54) is 19.4 Å². The van der Waals surface area contributed by atoms with Crippen LogP contribution in [-0.2, 0) is 0 Å². The number of likely N-dealkylation sites (N-methyl/N-ethyl adjacent to an activating group) is 1. The zero-order valence-electron chi connectivity index (χ0n) is 9.82. The third kappa shape index (κ3) is 2.64. The van der Waals surface area contributed by atoms with E-state index in [0.29, 0.717) is 11.9 Å². The van der Waals surface area contributed by atoms with E-state index in [0.717, 1.165) is 18.8 Å². The van der Waals surface area contributed by atoms with Crippen molar-refractivity contribution in [1.82, 2.24) is 9.88 Å². The smallest absolute Gasteiger partial charge is 0.146 e. The van der Waals surface area contributed by atoms with Crippen molar-refractivity contribution in [3.05, 3.63) is 18.3 Å². The molecule has 1 aliphatic rings. The number of nitrogens with zero attached hydrogens (tertiary/aromatic N) is 2. The molecule has 0 aromatic carbocycles. The third-order valence-electron chi connectivity index (χ3n) is 3.15. The molecule has 0 amide bonds. The van der Waals surface area contributed by atoms with Gasteiger partial charge in [0.2, 0.25) is 0 Å². The molecule has 0 saturated carbocycles. The van der Waals surface area contributed by atoms with Crippen molar-refractivity contribution < 1.29 is 0 Å². The molecule has 16 heavy (non-hydrogen) atoms. The van der Waals surface area contributed by atoms with Crippen LogP contribution in [0.2, 0.25) is 0 Å². The molecule has 4 heteroatoms. The standard InChI is InChI=1S/C12H20N4/c1-2-16-8-4-5-10(9-16)15-11-6-3-7-14-12(11)13/h3,6-7,10,15H,2,4-5,8-9H2,1H3,(H2,13,14). The van der Waals surface area contributed by atoms with Crippen LogP contribution in [0.5, 0.6) is 0 Å². The lowest BCUT2D eigenvalue weighted by molar-refractivity contribution is 0.227. The summed E-state index contributed by atoms with van der Waals surface area (Å²) in [4.78, 5) is 6.55. The highest BCUT2D eigenvalue weighted by molar-refractivity contribution is 5.61. The van der Waals surface area contributed by atoms with Gasteiger partial charge >= 0.3 is 0 Å². The molecule has 1 fully saturated rings. The van der Waals surface area contributed by atoms with Crippen LogP contribution in [-0.4, -0.2) is 35.6 Å². The number of aromatic nitrogens is 1. The number of rotatable bonds is 3. The van der Waals surface area contributed by atoms with E-state index in [-0.39, 0.29) is 0 Å². The van der Waals surface area contributed by atoms with Crippen LogP contribution in [0, 0.1) is 0 Å². The van der Waals surface area contributed by atoms with Crippen molar-refractivity contribution in [2.45, 2.75) is 25.8 Å². The number of nitrogens with one attached hydrogen (secondary N) is 1. The number of hydrogen-bond donors (Lipinski definition) is 2. The third-order valence-corrected chi connectivity index (χ3v) is 3.15. The Kier molecular flexibility index (Phi) is 3.62. The predicted molar refractivity (Wildman–Crippen MR) is 67.4 cm³/mol. The quantitative estimate of drug-likeness (QED) is 0.811. The van der Waals surface area contributed by atoms with Gasteiger partial charge < -0.3 is 16.0 Å². The maximum atomic E-state index is 5.82. The molecule has 1 aliphatic heterocycles. The summed E-state index contributed by atoms with van der Waals surface area (Å²) in [6, 6.07) is 4.41. The molecule has 1 atom stereocenters. The Hall–Kier alpha value is -1.29. The van der Waals surface area contributed by atoms with Crippen molar-refractivity contribution in [1.29, 1.82) is 0 Å². The monoisotopic (exact) mass is 220 g/mol. The zero-order chi connectivity index (χ0) is 11.4. The number of hydrogen-bond acceptors (Lipinski definition) is 4. The molecular formula is C12H20N4. The summed E-state index contributed by atoms with van der Waals surface area (Å²) < 4.78 is 0. The van der Waals surface area contributed by atoms with Crippen molar-refractivity contribution in [3.8, 4) is 0 Å². The molecule has 1 saturated heterocycles. The van der Waals surface area contributed by atoms with E-state index in [2.05, 4.69) is 22.1 Å². The van der Waals surface area contributed by atoms with Crippen LogP contribution in [0.1, 0.15) is 19.8 Å². The summed E-state index contributed by atoms with van der Waals surface area (Å²) in [5.41, 5.74) is 6.78. The minimum Gasteiger partial charge on any atom is -0.382 e. The highest BCUT2D eigenvalue weighted by atomic mass is 15.2. The molecule has 2 rings (SSSR count). The molecule has 88 valence electrons. The van der Waals surface area contributed by atoms with E-state index in [1.807, 2.05) is 12.1 Å². The van der Waals surface area contributed by atoms with Gasteiger partial charge in [-0.1, -0.05) is 6.92 Å². The number of likely N-dealkylation sites (tertiary alicyclic amines) is 1. The van der Waals surface area contributed by atoms with Crippen molar-refractivity contribution in [2.24, 2.45) is 0 Å². The summed E-state index contributed by atoms with van der Waals surface area (Å²) in [5, 5.41) is 3.48. The Morgan fingerprint density at radius 2 is 2.50 bits per heavy atom. The van der Waals surface area contributed by atoms with Gasteiger partial charge in [0.25, 0.3) is 0 Å². The van der Waals surface area contributed by atoms with Crippen molar-refractivity contribution >= 4 is 11.5 Å². The summed E-state index contributed by atoms with van der Waals surface area (Å²) >= 11 is 0. The molecular weight excluding hydrogens is 200 g/mol. The van der Waals surface area contributed by atoms with E-state index in [4.69, 9.17) is 5.73 Å². The SMILES string of the molecule is CCN1CCCC(Nc2cccnc2N)C1. The molecule has 0 aliphatic carbocycles. The topological polar surface area (TPSA) is 54.2 Å². The van der Waals surface area contributed by atoms with Gasteiger partial charge in [-0.05, 0) is 38.1 Å². The second-order valence-electron chi connectivity index (χ2n) is 4.31. The van der Waals surface area contributed by atoms with E-state index in [9.17, 15) is 0 Å². The average molecular weight is 220 g/mol. The fraction of sp³-hybridized carbons (Fsp3) is 0.583. The fourth-order valence-corrected chi connectivity index (χ4v) is 2.22. The highest BCUT2D eigenvalue weighted by Gasteiger charge is 2.18. The molecule has 1 aromatic heterocycles. The van der Waals surface area contributed by atoms with Gasteiger partial charge in [-0.25, -0.2) is 4.98 Å². The van der Waals surface area contributed by atoms with Gasteiger partial charge in [0, 0.05) is 18.8 Å². The fourth-order valence-electron chi connectivity index (χ4n) is 2.22. The minimum absolute atomic E-state index is 0.500. The lowest BCUT2D eigenvalue weighted by atomic mass is 10.1. The van der Waals surface area contributed by atoms with Crippen LogP contribution in [0.25, 0.3) is 0 Å². The summed E-state index contributed by atoms with van der Waals surface area (Å²) in [7, 11) is 0. The second-order valence-corrected chi connectivity index (χ2v) is 4.31. The first kappa shape index (κ1) is 11.2. The molecule has 4 nitrogen and oxygen atoms in total. The number of anilines is 2. The van der Waals surface area contributed by atoms with Crippen LogP contribution < -0.4 is 11.1 Å². The van der Waals surface area contributed by atoms with Crippen LogP contribution in [0.3, 0.4) is 0 Å². The number of nitrogen functional groups attached to an aromatic ring is 1. The molecule has 1 aromatic rings. The molecule has 0 radical (unpaired) electrons. The molecule has 1 unspecified atom stereocenters. The lowest BCUT2D eigenvalue weighted by Crippen LogP contribution is -2.41. The summed E-state index contributed by atoms with van der Waals surface area (Å²) in [5.74, 6) is 0.594. The van der Waals surface area contributed by atoms with Gasteiger partial charge in [-0.2, -0.15) is 0 Å². The van der Waals surface area contributed by atoms with Crippen LogP contribution in [0.4, 0.5) is 11.5 Å².